The highest BCUT2D eigenvalue weighted by atomic mass is 16.5. The molecule has 1 N–H and O–H groups in total. The first-order valence-electron chi connectivity index (χ1n) is 14.8. The van der Waals surface area contributed by atoms with Gasteiger partial charge >= 0.3 is 0 Å². The van der Waals surface area contributed by atoms with Crippen LogP contribution in [0.4, 0.5) is 17.5 Å². The van der Waals surface area contributed by atoms with Crippen LogP contribution in [-0.2, 0) is 13.1 Å². The molecule has 12 nitrogen and oxygen atoms in total. The van der Waals surface area contributed by atoms with Gasteiger partial charge < -0.3 is 24.4 Å². The van der Waals surface area contributed by atoms with Gasteiger partial charge in [0.25, 0.3) is 0 Å². The van der Waals surface area contributed by atoms with Crippen LogP contribution in [0, 0.1) is 6.92 Å². The molecule has 0 unspecified atom stereocenters. The summed E-state index contributed by atoms with van der Waals surface area (Å²) in [5.74, 6) is 4.18. The number of aromatic nitrogens is 7. The number of rotatable bonds is 12. The number of hydrogen-bond donors (Lipinski definition) is 1. The highest BCUT2D eigenvalue weighted by Crippen LogP contribution is 2.32. The van der Waals surface area contributed by atoms with E-state index in [0.717, 1.165) is 39.4 Å². The van der Waals surface area contributed by atoms with E-state index in [1.807, 2.05) is 73.7 Å². The van der Waals surface area contributed by atoms with Crippen molar-refractivity contribution >= 4 is 17.5 Å². The van der Waals surface area contributed by atoms with Crippen molar-refractivity contribution in [2.45, 2.75) is 20.0 Å². The Bertz CT molecular complexity index is 1870. The number of nitrogens with one attached hydrogen (secondary N) is 1. The molecule has 0 saturated heterocycles. The summed E-state index contributed by atoms with van der Waals surface area (Å²) < 4.78 is 16.0. The van der Waals surface area contributed by atoms with Crippen LogP contribution >= 0.6 is 0 Å². The predicted octanol–water partition coefficient (Wildman–Crippen LogP) is 6.07. The Morgan fingerprint density at radius 2 is 1.36 bits per heavy atom. The average Bonchev–Trinajstić information content (AvgIpc) is 3.12. The molecule has 4 aromatic heterocycles. The van der Waals surface area contributed by atoms with Crippen molar-refractivity contribution in [2.75, 3.05) is 31.5 Å². The Morgan fingerprint density at radius 1 is 0.660 bits per heavy atom. The molecule has 0 radical (unpaired) electrons. The van der Waals surface area contributed by atoms with Gasteiger partial charge in [0.05, 0.1) is 51.2 Å². The molecule has 0 saturated carbocycles. The first kappa shape index (κ1) is 30.8. The highest BCUT2D eigenvalue weighted by Gasteiger charge is 2.19. The van der Waals surface area contributed by atoms with Gasteiger partial charge in [-0.3, -0.25) is 0 Å². The first-order valence-corrected chi connectivity index (χ1v) is 14.8. The maximum Gasteiger partial charge on any atom is 0.229 e. The highest BCUT2D eigenvalue weighted by molar-refractivity contribution is 5.79. The normalized spacial score (nSPS) is 10.7. The lowest BCUT2D eigenvalue weighted by molar-refractivity contribution is 0.398. The molecule has 6 aromatic rings. The van der Waals surface area contributed by atoms with Crippen LogP contribution in [-0.4, -0.2) is 56.4 Å². The SMILES string of the molecule is COc1ccc(CN(Cc2ccc(OC)cc2)c2nc(C)nc(-c3cc(-c4ccnnc4)cnc3Nc3ccc(OC)nc3)n2)cc1. The molecule has 0 fully saturated rings. The standard InChI is InChI=1S/C35H33N9O3/c1-23-40-34(31-17-27(26-15-16-38-39-19-26)18-37-33(31)42-28-9-14-32(47-4)36-20-28)43-35(41-23)44(21-24-5-10-29(45-2)11-6-24)22-25-7-12-30(46-3)13-8-25/h5-20H,21-22H2,1-4H3,(H,37,42). The molecule has 6 rings (SSSR count). The molecular weight excluding hydrogens is 594 g/mol. The lowest BCUT2D eigenvalue weighted by atomic mass is 10.1. The minimum Gasteiger partial charge on any atom is -0.497 e. The maximum atomic E-state index is 5.38. The van der Waals surface area contributed by atoms with Crippen LogP contribution in [0.2, 0.25) is 0 Å². The van der Waals surface area contributed by atoms with Gasteiger partial charge in [0.2, 0.25) is 11.8 Å². The zero-order valence-corrected chi connectivity index (χ0v) is 26.5. The molecule has 0 aliphatic heterocycles. The Morgan fingerprint density at radius 3 is 1.94 bits per heavy atom. The summed E-state index contributed by atoms with van der Waals surface area (Å²) >= 11 is 0. The molecule has 0 spiro atoms. The van der Waals surface area contributed by atoms with Crippen molar-refractivity contribution in [3.8, 4) is 39.9 Å². The van der Waals surface area contributed by atoms with Gasteiger partial charge in [-0.2, -0.15) is 20.2 Å². The molecular formula is C35H33N9O3. The third-order valence-corrected chi connectivity index (χ3v) is 7.34. The number of ether oxygens (including phenoxy) is 3. The molecule has 12 heteroatoms. The molecule has 4 heterocycles. The van der Waals surface area contributed by atoms with Gasteiger partial charge in [-0.1, -0.05) is 24.3 Å². The molecule has 47 heavy (non-hydrogen) atoms. The molecule has 0 aliphatic carbocycles. The summed E-state index contributed by atoms with van der Waals surface area (Å²) in [6.45, 7) is 2.95. The van der Waals surface area contributed by atoms with Gasteiger partial charge in [0.15, 0.2) is 5.82 Å². The predicted molar refractivity (Wildman–Crippen MR) is 179 cm³/mol. The van der Waals surface area contributed by atoms with E-state index in [1.54, 1.807) is 52.2 Å². The smallest absolute Gasteiger partial charge is 0.229 e. The second kappa shape index (κ2) is 14.3. The van der Waals surface area contributed by atoms with E-state index in [2.05, 4.69) is 25.4 Å². The van der Waals surface area contributed by atoms with Crippen molar-refractivity contribution in [1.82, 2.24) is 35.1 Å². The number of aryl methyl sites for hydroxylation is 1. The van der Waals surface area contributed by atoms with E-state index in [4.69, 9.17) is 34.1 Å². The molecule has 0 atom stereocenters. The Labute approximate surface area is 272 Å². The number of benzene rings is 2. The minimum atomic E-state index is 0.460. The first-order chi connectivity index (χ1) is 23.0. The topological polar surface area (TPSA) is 133 Å². The van der Waals surface area contributed by atoms with Crippen LogP contribution in [0.1, 0.15) is 17.0 Å². The fourth-order valence-corrected chi connectivity index (χ4v) is 4.90. The lowest BCUT2D eigenvalue weighted by Gasteiger charge is -2.24. The number of anilines is 3. The number of methoxy groups -OCH3 is 3. The van der Waals surface area contributed by atoms with Crippen molar-refractivity contribution in [1.29, 1.82) is 0 Å². The van der Waals surface area contributed by atoms with E-state index in [0.29, 0.717) is 47.9 Å². The maximum absolute atomic E-state index is 5.38. The Balaban J connectivity index is 1.43. The van der Waals surface area contributed by atoms with Gasteiger partial charge in [-0.15, -0.1) is 0 Å². The van der Waals surface area contributed by atoms with Gasteiger partial charge in [0.1, 0.15) is 23.1 Å². The molecule has 236 valence electrons. The van der Waals surface area contributed by atoms with E-state index < -0.39 is 0 Å². The fraction of sp³-hybridized carbons (Fsp3) is 0.171. The number of hydrogen-bond acceptors (Lipinski definition) is 12. The quantitative estimate of drug-likeness (QED) is 0.169. The molecule has 2 aromatic carbocycles. The largest absolute Gasteiger partial charge is 0.497 e. The zero-order chi connectivity index (χ0) is 32.6. The summed E-state index contributed by atoms with van der Waals surface area (Å²) in [4.78, 5) is 25.9. The molecule has 0 bridgehead atoms. The second-order valence-electron chi connectivity index (χ2n) is 10.5. The van der Waals surface area contributed by atoms with Crippen LogP contribution in [0.25, 0.3) is 22.5 Å². The van der Waals surface area contributed by atoms with E-state index in [9.17, 15) is 0 Å². The van der Waals surface area contributed by atoms with Crippen LogP contribution in [0.15, 0.2) is 97.6 Å². The molecule has 0 aliphatic rings. The summed E-state index contributed by atoms with van der Waals surface area (Å²) in [7, 11) is 4.89. The van der Waals surface area contributed by atoms with Gasteiger partial charge in [-0.05, 0) is 60.5 Å². The van der Waals surface area contributed by atoms with Crippen molar-refractivity contribution in [2.24, 2.45) is 0 Å². The minimum absolute atomic E-state index is 0.460. The third kappa shape index (κ3) is 7.56. The number of nitrogens with zero attached hydrogens (tertiary/aromatic N) is 8. The summed E-state index contributed by atoms with van der Waals surface area (Å²) in [6.07, 6.45) is 6.79. The van der Waals surface area contributed by atoms with Crippen molar-refractivity contribution < 1.29 is 14.2 Å². The summed E-state index contributed by atoms with van der Waals surface area (Å²) in [5.41, 5.74) is 5.24. The third-order valence-electron chi connectivity index (χ3n) is 7.34. The summed E-state index contributed by atoms with van der Waals surface area (Å²) in [5, 5.41) is 11.3. The zero-order valence-electron chi connectivity index (χ0n) is 26.5. The lowest BCUT2D eigenvalue weighted by Crippen LogP contribution is -2.25. The van der Waals surface area contributed by atoms with E-state index in [-0.39, 0.29) is 0 Å². The van der Waals surface area contributed by atoms with E-state index in [1.165, 1.54) is 0 Å². The van der Waals surface area contributed by atoms with Crippen LogP contribution in [0.5, 0.6) is 17.4 Å². The second-order valence-corrected chi connectivity index (χ2v) is 10.5. The fourth-order valence-electron chi connectivity index (χ4n) is 4.90. The van der Waals surface area contributed by atoms with E-state index >= 15 is 0 Å². The Kier molecular flexibility index (Phi) is 9.38. The van der Waals surface area contributed by atoms with Gasteiger partial charge in [0, 0.05) is 36.5 Å². The monoisotopic (exact) mass is 627 g/mol. The molecule has 0 amide bonds. The van der Waals surface area contributed by atoms with Crippen molar-refractivity contribution in [3.63, 3.8) is 0 Å². The number of pyridine rings is 2. The van der Waals surface area contributed by atoms with Crippen molar-refractivity contribution in [3.05, 3.63) is 115 Å². The average molecular weight is 628 g/mol. The van der Waals surface area contributed by atoms with Gasteiger partial charge in [-0.25, -0.2) is 15.0 Å². The Hall–Kier alpha value is -6.17. The van der Waals surface area contributed by atoms with Crippen LogP contribution in [0.3, 0.4) is 0 Å². The summed E-state index contributed by atoms with van der Waals surface area (Å²) in [6, 6.07) is 23.4. The van der Waals surface area contributed by atoms with Crippen LogP contribution < -0.4 is 24.4 Å².